The molecule has 27 heavy (non-hydrogen) atoms. The SMILES string of the molecule is C=C/C=C(\C=C)C(C=O)COc1cc(C)cc2c3c(n(C)c12)CCN(C)C3. The minimum atomic E-state index is -0.364. The summed E-state index contributed by atoms with van der Waals surface area (Å²) in [5, 5.41) is 1.25. The summed E-state index contributed by atoms with van der Waals surface area (Å²) in [7, 11) is 4.27. The van der Waals surface area contributed by atoms with Crippen molar-refractivity contribution in [2.75, 3.05) is 20.2 Å². The molecule has 1 unspecified atom stereocenters. The van der Waals surface area contributed by atoms with Gasteiger partial charge in [-0.05, 0) is 42.8 Å². The normalized spacial score (nSPS) is 16.0. The van der Waals surface area contributed by atoms with E-state index in [1.54, 1.807) is 18.2 Å². The predicted octanol–water partition coefficient (Wildman–Crippen LogP) is 3.97. The van der Waals surface area contributed by atoms with Crippen LogP contribution in [-0.4, -0.2) is 36.0 Å². The first kappa shape index (κ1) is 19.2. The molecule has 142 valence electrons. The molecule has 1 aromatic heterocycles. The number of aromatic nitrogens is 1. The van der Waals surface area contributed by atoms with Gasteiger partial charge in [0.15, 0.2) is 0 Å². The van der Waals surface area contributed by atoms with Crippen molar-refractivity contribution in [3.05, 3.63) is 65.9 Å². The molecule has 1 atom stereocenters. The molecule has 4 heteroatoms. The van der Waals surface area contributed by atoms with E-state index in [-0.39, 0.29) is 12.5 Å². The van der Waals surface area contributed by atoms with Crippen LogP contribution in [0.2, 0.25) is 0 Å². The van der Waals surface area contributed by atoms with Crippen molar-refractivity contribution in [2.45, 2.75) is 19.9 Å². The Hall–Kier alpha value is -2.59. The van der Waals surface area contributed by atoms with Crippen LogP contribution in [-0.2, 0) is 24.8 Å². The van der Waals surface area contributed by atoms with E-state index in [9.17, 15) is 4.79 Å². The van der Waals surface area contributed by atoms with Gasteiger partial charge in [-0.3, -0.25) is 0 Å². The fourth-order valence-electron chi connectivity index (χ4n) is 3.94. The van der Waals surface area contributed by atoms with Crippen LogP contribution in [0.3, 0.4) is 0 Å². The van der Waals surface area contributed by atoms with E-state index < -0.39 is 0 Å². The van der Waals surface area contributed by atoms with E-state index in [1.807, 2.05) is 0 Å². The number of ether oxygens (including phenoxy) is 1. The van der Waals surface area contributed by atoms with Crippen molar-refractivity contribution >= 4 is 17.2 Å². The van der Waals surface area contributed by atoms with Crippen LogP contribution in [0, 0.1) is 12.8 Å². The number of aldehydes is 1. The second-order valence-electron chi connectivity index (χ2n) is 7.29. The Kier molecular flexibility index (Phi) is 5.66. The number of carbonyl (C=O) groups excluding carboxylic acids is 1. The third-order valence-corrected chi connectivity index (χ3v) is 5.35. The molecule has 1 aliphatic rings. The number of hydrogen-bond acceptors (Lipinski definition) is 3. The summed E-state index contributed by atoms with van der Waals surface area (Å²) in [6.07, 6.45) is 7.11. The summed E-state index contributed by atoms with van der Waals surface area (Å²) in [6, 6.07) is 4.30. The zero-order chi connectivity index (χ0) is 19.6. The molecule has 0 N–H and O–H groups in total. The molecule has 0 aliphatic carbocycles. The smallest absolute Gasteiger partial charge is 0.143 e. The Morgan fingerprint density at radius 1 is 1.33 bits per heavy atom. The average Bonchev–Trinajstić information content (AvgIpc) is 2.92. The molecule has 0 fully saturated rings. The molecule has 1 aromatic carbocycles. The second-order valence-corrected chi connectivity index (χ2v) is 7.29. The van der Waals surface area contributed by atoms with Gasteiger partial charge in [-0.2, -0.15) is 0 Å². The number of benzene rings is 1. The highest BCUT2D eigenvalue weighted by atomic mass is 16.5. The molecule has 3 rings (SSSR count). The van der Waals surface area contributed by atoms with Crippen LogP contribution in [0.4, 0.5) is 0 Å². The van der Waals surface area contributed by atoms with E-state index >= 15 is 0 Å². The van der Waals surface area contributed by atoms with Gasteiger partial charge in [-0.1, -0.05) is 31.4 Å². The van der Waals surface area contributed by atoms with Crippen molar-refractivity contribution in [2.24, 2.45) is 13.0 Å². The zero-order valence-electron chi connectivity index (χ0n) is 16.5. The van der Waals surface area contributed by atoms with Crippen LogP contribution in [0.25, 0.3) is 10.9 Å². The summed E-state index contributed by atoms with van der Waals surface area (Å²) in [6.45, 7) is 11.9. The summed E-state index contributed by atoms with van der Waals surface area (Å²) in [5.41, 5.74) is 5.85. The van der Waals surface area contributed by atoms with Crippen LogP contribution in [0.1, 0.15) is 16.8 Å². The molecule has 2 aromatic rings. The van der Waals surface area contributed by atoms with Gasteiger partial charge in [0.05, 0.1) is 11.4 Å². The van der Waals surface area contributed by atoms with Crippen molar-refractivity contribution < 1.29 is 9.53 Å². The Morgan fingerprint density at radius 3 is 2.78 bits per heavy atom. The van der Waals surface area contributed by atoms with Crippen LogP contribution in [0.5, 0.6) is 5.75 Å². The molecule has 0 radical (unpaired) electrons. The standard InChI is InChI=1S/C23H28N2O2/c1-6-8-17(7-2)18(14-26)15-27-22-12-16(3)11-19-20-13-24(4)10-9-21(20)25(5)23(19)22/h6-8,11-12,14,18H,1-2,9-10,13,15H2,3-5H3/b17-8+. The first-order valence-electron chi connectivity index (χ1n) is 9.32. The maximum atomic E-state index is 11.6. The fourth-order valence-corrected chi connectivity index (χ4v) is 3.94. The number of likely N-dealkylation sites (N-methyl/N-ethyl adjacent to an activating group) is 1. The largest absolute Gasteiger partial charge is 0.490 e. The minimum absolute atomic E-state index is 0.281. The summed E-state index contributed by atoms with van der Waals surface area (Å²) >= 11 is 0. The van der Waals surface area contributed by atoms with Crippen molar-refractivity contribution in [1.82, 2.24) is 9.47 Å². The number of allylic oxidation sites excluding steroid dienone is 3. The van der Waals surface area contributed by atoms with Crippen LogP contribution < -0.4 is 4.74 Å². The first-order chi connectivity index (χ1) is 13.0. The first-order valence-corrected chi connectivity index (χ1v) is 9.32. The zero-order valence-corrected chi connectivity index (χ0v) is 16.5. The summed E-state index contributed by atoms with van der Waals surface area (Å²) in [4.78, 5) is 13.9. The molecule has 0 spiro atoms. The lowest BCUT2D eigenvalue weighted by atomic mass is 10.0. The lowest BCUT2D eigenvalue weighted by Crippen LogP contribution is -2.26. The highest BCUT2D eigenvalue weighted by Gasteiger charge is 2.23. The molecule has 2 heterocycles. The molecule has 1 aliphatic heterocycles. The van der Waals surface area contributed by atoms with Gasteiger partial charge in [0.25, 0.3) is 0 Å². The molecule has 0 bridgehead atoms. The topological polar surface area (TPSA) is 34.5 Å². The van der Waals surface area contributed by atoms with Gasteiger partial charge in [0.1, 0.15) is 18.6 Å². The lowest BCUT2D eigenvalue weighted by Gasteiger charge is -2.23. The molecular weight excluding hydrogens is 336 g/mol. The fraction of sp³-hybridized carbons (Fsp3) is 0.348. The number of hydrogen-bond donors (Lipinski definition) is 0. The molecule has 0 saturated carbocycles. The van der Waals surface area contributed by atoms with Gasteiger partial charge >= 0.3 is 0 Å². The van der Waals surface area contributed by atoms with Gasteiger partial charge in [0, 0.05) is 37.6 Å². The maximum Gasteiger partial charge on any atom is 0.143 e. The van der Waals surface area contributed by atoms with Crippen LogP contribution >= 0.6 is 0 Å². The Bertz CT molecular complexity index is 920. The number of aryl methyl sites for hydroxylation is 2. The average molecular weight is 364 g/mol. The maximum absolute atomic E-state index is 11.6. The third kappa shape index (κ3) is 3.62. The van der Waals surface area contributed by atoms with Gasteiger partial charge in [0.2, 0.25) is 0 Å². The highest BCUT2D eigenvalue weighted by Crippen LogP contribution is 2.36. The molecule has 0 saturated heterocycles. The quantitative estimate of drug-likeness (QED) is 0.551. The third-order valence-electron chi connectivity index (χ3n) is 5.35. The van der Waals surface area contributed by atoms with Gasteiger partial charge < -0.3 is 19.0 Å². The molecule has 4 nitrogen and oxygen atoms in total. The van der Waals surface area contributed by atoms with E-state index in [0.717, 1.165) is 48.2 Å². The van der Waals surface area contributed by atoms with Crippen LogP contribution in [0.15, 0.2) is 49.1 Å². The van der Waals surface area contributed by atoms with Crippen molar-refractivity contribution in [3.8, 4) is 5.75 Å². The molecular formula is C23H28N2O2. The number of fused-ring (bicyclic) bond motifs is 3. The number of rotatable bonds is 7. The second kappa shape index (κ2) is 7.97. The Labute approximate surface area is 161 Å². The Balaban J connectivity index is 2.00. The van der Waals surface area contributed by atoms with Crippen molar-refractivity contribution in [3.63, 3.8) is 0 Å². The van der Waals surface area contributed by atoms with Crippen molar-refractivity contribution in [1.29, 1.82) is 0 Å². The highest BCUT2D eigenvalue weighted by molar-refractivity contribution is 5.91. The number of nitrogens with zero attached hydrogens (tertiary/aromatic N) is 2. The monoisotopic (exact) mass is 364 g/mol. The lowest BCUT2D eigenvalue weighted by molar-refractivity contribution is -0.110. The predicted molar refractivity (Wildman–Crippen MR) is 111 cm³/mol. The van der Waals surface area contributed by atoms with Gasteiger partial charge in [-0.25, -0.2) is 0 Å². The summed E-state index contributed by atoms with van der Waals surface area (Å²) in [5.74, 6) is 0.468. The van der Waals surface area contributed by atoms with E-state index in [1.165, 1.54) is 16.6 Å². The Morgan fingerprint density at radius 2 is 2.11 bits per heavy atom. The van der Waals surface area contributed by atoms with E-state index in [4.69, 9.17) is 4.74 Å². The van der Waals surface area contributed by atoms with E-state index in [2.05, 4.69) is 55.8 Å². The molecule has 0 amide bonds. The summed E-state index contributed by atoms with van der Waals surface area (Å²) < 4.78 is 8.44. The van der Waals surface area contributed by atoms with Gasteiger partial charge in [-0.15, -0.1) is 0 Å². The minimum Gasteiger partial charge on any atom is -0.490 e. The van der Waals surface area contributed by atoms with E-state index in [0.29, 0.717) is 0 Å². The number of carbonyl (C=O) groups is 1.